The highest BCUT2D eigenvalue weighted by atomic mass is 32.2. The number of aryl methyl sites for hydroxylation is 8. The Hall–Kier alpha value is -12.6. The Balaban J connectivity index is 0.000000115. The summed E-state index contributed by atoms with van der Waals surface area (Å²) in [7, 11) is -4.58. The predicted molar refractivity (Wildman–Crippen MR) is 557 cm³/mol. The van der Waals surface area contributed by atoms with Gasteiger partial charge in [-0.3, -0.25) is 18.6 Å². The van der Waals surface area contributed by atoms with Gasteiger partial charge in [0.1, 0.15) is 71.8 Å². The van der Waals surface area contributed by atoms with E-state index in [9.17, 15) is 42.0 Å². The largest absolute Gasteiger partial charge is 0.481 e. The van der Waals surface area contributed by atoms with Gasteiger partial charge >= 0.3 is 41.8 Å². The van der Waals surface area contributed by atoms with E-state index in [0.717, 1.165) is 102 Å². The Kier molecular flexibility index (Phi) is 29.6. The zero-order valence-electron chi connectivity index (χ0n) is 83.3. The van der Waals surface area contributed by atoms with Gasteiger partial charge in [0.15, 0.2) is 85.2 Å². The number of ether oxygens (including phenoxy) is 11. The fourth-order valence-corrected chi connectivity index (χ4v) is 35.9. The van der Waals surface area contributed by atoms with Crippen LogP contribution in [0.15, 0.2) is 350 Å². The van der Waals surface area contributed by atoms with Crippen LogP contribution >= 0.6 is 0 Å². The molecule has 10 bridgehead atoms. The van der Waals surface area contributed by atoms with Gasteiger partial charge in [-0.25, -0.2) is 19.2 Å². The van der Waals surface area contributed by atoms with Crippen molar-refractivity contribution in [1.29, 1.82) is 0 Å². The second-order valence-electron chi connectivity index (χ2n) is 40.8. The first-order valence-electron chi connectivity index (χ1n) is 50.9. The Labute approximate surface area is 870 Å². The van der Waals surface area contributed by atoms with Crippen LogP contribution in [0.1, 0.15) is 109 Å². The van der Waals surface area contributed by atoms with E-state index in [2.05, 4.69) is 243 Å². The van der Waals surface area contributed by atoms with Crippen LogP contribution in [0, 0.1) is 120 Å². The minimum atomic E-state index is -3.54. The van der Waals surface area contributed by atoms with Gasteiger partial charge < -0.3 is 52.1 Å². The van der Waals surface area contributed by atoms with Gasteiger partial charge in [0.05, 0.1) is 66.6 Å². The summed E-state index contributed by atoms with van der Waals surface area (Å²) in [5, 5.41) is -0.436. The van der Waals surface area contributed by atoms with Gasteiger partial charge in [-0.15, -0.1) is 0 Å². The van der Waals surface area contributed by atoms with E-state index in [-0.39, 0.29) is 184 Å². The summed E-state index contributed by atoms with van der Waals surface area (Å²) in [5.74, 6) is 2.20. The summed E-state index contributed by atoms with van der Waals surface area (Å²) in [6, 6.07) is 101. The standard InChI is InChI=1S/C32H33O5S.2C30H29O5S.C29H29O6S2/c1-20-13-27(38(25-9-5-3-6-10-25)26-11-7-4-8-12-26)14-21(2)30(20)35-19-29(33)37-31-23-15-22-16-24(18-23)32(34)36-28(31)17-22;2*1-18-13-23(36(21-9-5-3-6-10-21)22-11-7-4-8-12-22)14-19(2)27(18)33-17-26(31)34-28-20-15-24-25(16-20)30(32)35-29(24)28;1-18-13-23(36(21-9-5-3-6-10-21)22-11-7-4-8-12-22)14-19(2)27(18)33-17-26(30)34-28-20-15-24-25(16-20)37(31,32)35-29(24)28/h3-14,22-24,28,31H,15-19H2,1-2H3;2*3-14,20,24-25,28-29H,15-17H2,1-2H3;3-14,20,24-25,28-29H,15-17H2,1-2H3/q4*+1. The molecule has 12 aromatic carbocycles. The van der Waals surface area contributed by atoms with Crippen LogP contribution < -0.4 is 18.9 Å². The summed E-state index contributed by atoms with van der Waals surface area (Å²) in [6.07, 6.45) is 5.10. The first-order chi connectivity index (χ1) is 71.3. The molecule has 26 heteroatoms. The number of hydrogen-bond donors (Lipinski definition) is 0. The number of esters is 7. The molecule has 20 unspecified atom stereocenters. The van der Waals surface area contributed by atoms with Gasteiger partial charge in [-0.1, -0.05) is 146 Å². The molecule has 8 aliphatic carbocycles. The number of rotatable bonds is 28. The minimum absolute atomic E-state index is 0.00586. The van der Waals surface area contributed by atoms with Crippen molar-refractivity contribution in [1.82, 2.24) is 0 Å². The van der Waals surface area contributed by atoms with Gasteiger partial charge in [0.25, 0.3) is 10.1 Å². The summed E-state index contributed by atoms with van der Waals surface area (Å²) in [4.78, 5) is 102. The highest BCUT2D eigenvalue weighted by Gasteiger charge is 2.67. The fraction of sp³-hybridized carbons (Fsp3) is 0.347. The first-order valence-corrected chi connectivity index (χ1v) is 57.3. The average molecular weight is 2070 g/mol. The SMILES string of the molecule is Cc1cc([S+](c2ccccc2)c2ccccc2)cc(C)c1OCC(=O)OC1C2CC3C(=O)OC1C3C2.Cc1cc([S+](c2ccccc2)c2ccccc2)cc(C)c1OCC(=O)OC1C2CC3C(=O)OC1C3C2.Cc1cc([S+](c2ccccc2)c2ccccc2)cc(C)c1OCC(=O)OC1C2CC3C1OS(=O)(=O)C3C2.Cc1cc([S+](c2ccccc2)c2ccccc2)cc(C)c1OCC(=O)OC1C2CC3CC(C2)C(=O)OC1C3. The molecule has 5 heterocycles. The fourth-order valence-electron chi connectivity index (χ4n) is 25.0. The van der Waals surface area contributed by atoms with Crippen molar-refractivity contribution < 1.29 is 98.3 Å². The molecule has 12 aromatic rings. The topological polar surface area (TPSA) is 264 Å². The van der Waals surface area contributed by atoms with Crippen LogP contribution in [-0.2, 0) is 125 Å². The van der Waals surface area contributed by atoms with Crippen LogP contribution in [-0.4, -0.2) is 131 Å². The summed E-state index contributed by atoms with van der Waals surface area (Å²) in [5.41, 5.74) is 7.78. The Morgan fingerprint density at radius 3 is 0.830 bits per heavy atom. The maximum Gasteiger partial charge on any atom is 0.344 e. The third-order valence-corrected chi connectivity index (χ3v) is 41.5. The Morgan fingerprint density at radius 2 is 0.537 bits per heavy atom. The van der Waals surface area contributed by atoms with Crippen molar-refractivity contribution in [3.8, 4) is 23.0 Å². The molecule has 13 fully saturated rings. The summed E-state index contributed by atoms with van der Waals surface area (Å²) >= 11 is 0. The molecule has 0 amide bonds. The van der Waals surface area contributed by atoms with Crippen molar-refractivity contribution in [2.45, 2.75) is 232 Å². The van der Waals surface area contributed by atoms with Crippen LogP contribution in [0.2, 0.25) is 0 Å². The van der Waals surface area contributed by atoms with E-state index in [4.69, 9.17) is 56.3 Å². The third kappa shape index (κ3) is 21.1. The molecular formula is C121H120O21S5+4. The molecule has 0 N–H and O–H groups in total. The Bertz CT molecular complexity index is 6540. The summed E-state index contributed by atoms with van der Waals surface area (Å²) in [6.45, 7) is 15.4. The van der Waals surface area contributed by atoms with Crippen LogP contribution in [0.3, 0.4) is 0 Å². The van der Waals surface area contributed by atoms with Crippen molar-refractivity contribution in [3.63, 3.8) is 0 Å². The molecule has 25 rings (SSSR count). The molecule has 756 valence electrons. The van der Waals surface area contributed by atoms with Gasteiger partial charge in [0, 0.05) is 90.0 Å². The van der Waals surface area contributed by atoms with E-state index in [1.807, 2.05) is 104 Å². The highest BCUT2D eigenvalue weighted by molar-refractivity contribution is 7.98. The second kappa shape index (κ2) is 43.3. The zero-order valence-corrected chi connectivity index (χ0v) is 87.4. The van der Waals surface area contributed by atoms with E-state index < -0.39 is 51.5 Å². The predicted octanol–water partition coefficient (Wildman–Crippen LogP) is 21.4. The van der Waals surface area contributed by atoms with Crippen molar-refractivity contribution >= 4 is 95.5 Å². The smallest absolute Gasteiger partial charge is 0.344 e. The summed E-state index contributed by atoms with van der Waals surface area (Å²) < 4.78 is 93.4. The number of hydrogen-bond acceptors (Lipinski definition) is 21. The van der Waals surface area contributed by atoms with Gasteiger partial charge in [-0.05, 0) is 267 Å². The van der Waals surface area contributed by atoms with Crippen LogP contribution in [0.25, 0.3) is 0 Å². The Morgan fingerprint density at radius 1 is 0.279 bits per heavy atom. The zero-order chi connectivity index (χ0) is 102. The van der Waals surface area contributed by atoms with Crippen molar-refractivity contribution in [2.24, 2.45) is 65.1 Å². The average Bonchev–Trinajstić information content (AvgIpc) is 1.55. The lowest BCUT2D eigenvalue weighted by Crippen LogP contribution is -2.45. The molecular weight excluding hydrogens is 1950 g/mol. The first kappa shape index (κ1) is 100. The molecule has 21 nitrogen and oxygen atoms in total. The molecule has 20 atom stereocenters. The molecule has 5 saturated heterocycles. The van der Waals surface area contributed by atoms with E-state index in [1.165, 1.54) is 58.7 Å². The molecule has 0 aromatic heterocycles. The monoisotopic (exact) mass is 2070 g/mol. The molecule has 8 saturated carbocycles. The maximum absolute atomic E-state index is 12.9. The molecule has 147 heavy (non-hydrogen) atoms. The minimum Gasteiger partial charge on any atom is -0.481 e. The third-order valence-electron chi connectivity index (χ3n) is 31.0. The van der Waals surface area contributed by atoms with Gasteiger partial charge in [0.2, 0.25) is 0 Å². The molecule has 0 spiro atoms. The van der Waals surface area contributed by atoms with E-state index in [1.54, 1.807) is 0 Å². The highest BCUT2D eigenvalue weighted by Crippen LogP contribution is 2.59. The van der Waals surface area contributed by atoms with Crippen LogP contribution in [0.4, 0.5) is 0 Å². The van der Waals surface area contributed by atoms with Gasteiger partial charge in [-0.2, -0.15) is 8.42 Å². The number of benzene rings is 12. The quantitative estimate of drug-likeness (QED) is 0.0191. The maximum atomic E-state index is 12.9. The number of carbonyl (C=O) groups excluding carboxylic acids is 7. The number of carbonyl (C=O) groups is 7. The lowest BCUT2D eigenvalue weighted by atomic mass is 9.67. The molecule has 13 aliphatic rings. The normalized spacial score (nSPS) is 26.0. The molecule has 0 radical (unpaired) electrons. The van der Waals surface area contributed by atoms with Crippen molar-refractivity contribution in [2.75, 3.05) is 26.4 Å². The number of fused-ring (bicyclic) bond motifs is 4. The van der Waals surface area contributed by atoms with Crippen molar-refractivity contribution in [3.05, 3.63) is 336 Å². The van der Waals surface area contributed by atoms with Crippen LogP contribution in [0.5, 0.6) is 23.0 Å². The van der Waals surface area contributed by atoms with E-state index in [0.29, 0.717) is 35.3 Å². The van der Waals surface area contributed by atoms with E-state index >= 15 is 0 Å². The second-order valence-corrected chi connectivity index (χ2v) is 50.7. The lowest BCUT2D eigenvalue weighted by molar-refractivity contribution is -0.174. The molecule has 5 aliphatic heterocycles. The lowest BCUT2D eigenvalue weighted by Gasteiger charge is -2.41.